The standard InChI is InChI=1S/C67H124O6/c1-4-7-10-13-16-19-21-23-24-25-26-27-28-29-30-31-32-33-34-35-36-37-38-39-40-41-42-44-45-48-51-54-57-60-66(69)72-63-64(62-71-65(68)59-56-53-50-47-18-15-12-9-6-3)73-67(70)61-58-55-52-49-46-43-22-20-17-14-11-8-5-2/h21,23,25-26,28-29,64H,4-20,22,24,27,30-63H2,1-3H3/b23-21-,26-25-,29-28-. The van der Waals surface area contributed by atoms with E-state index in [2.05, 4.69) is 57.2 Å². The number of unbranched alkanes of at least 4 members (excludes halogenated alkanes) is 43. The maximum absolute atomic E-state index is 12.8. The molecule has 0 aromatic heterocycles. The summed E-state index contributed by atoms with van der Waals surface area (Å²) in [6.45, 7) is 6.65. The van der Waals surface area contributed by atoms with Crippen molar-refractivity contribution in [3.8, 4) is 0 Å². The summed E-state index contributed by atoms with van der Waals surface area (Å²) in [5.74, 6) is -0.846. The zero-order chi connectivity index (χ0) is 52.9. The molecule has 1 unspecified atom stereocenters. The van der Waals surface area contributed by atoms with E-state index in [-0.39, 0.29) is 31.1 Å². The molecule has 0 aliphatic heterocycles. The average molecular weight is 1030 g/mol. The van der Waals surface area contributed by atoms with E-state index in [1.54, 1.807) is 0 Å². The van der Waals surface area contributed by atoms with Gasteiger partial charge >= 0.3 is 17.9 Å². The Morgan fingerprint density at radius 1 is 0.274 bits per heavy atom. The van der Waals surface area contributed by atoms with Crippen LogP contribution in [0.5, 0.6) is 0 Å². The lowest BCUT2D eigenvalue weighted by Gasteiger charge is -2.18. The smallest absolute Gasteiger partial charge is 0.306 e. The summed E-state index contributed by atoms with van der Waals surface area (Å²) >= 11 is 0. The highest BCUT2D eigenvalue weighted by Crippen LogP contribution is 2.18. The molecule has 6 heteroatoms. The van der Waals surface area contributed by atoms with Crippen LogP contribution < -0.4 is 0 Å². The third-order valence-corrected chi connectivity index (χ3v) is 14.6. The number of allylic oxidation sites excluding steroid dienone is 6. The molecular weight excluding hydrogens is 901 g/mol. The molecule has 0 rings (SSSR count). The van der Waals surface area contributed by atoms with Gasteiger partial charge in [-0.25, -0.2) is 0 Å². The lowest BCUT2D eigenvalue weighted by molar-refractivity contribution is -0.167. The van der Waals surface area contributed by atoms with Gasteiger partial charge in [-0.3, -0.25) is 14.4 Å². The van der Waals surface area contributed by atoms with Crippen LogP contribution >= 0.6 is 0 Å². The molecule has 0 spiro atoms. The highest BCUT2D eigenvalue weighted by atomic mass is 16.6. The van der Waals surface area contributed by atoms with Crippen molar-refractivity contribution in [1.82, 2.24) is 0 Å². The van der Waals surface area contributed by atoms with E-state index in [0.29, 0.717) is 19.3 Å². The first-order valence-electron chi connectivity index (χ1n) is 32.5. The number of hydrogen-bond acceptors (Lipinski definition) is 6. The van der Waals surface area contributed by atoms with Crippen LogP contribution in [0.2, 0.25) is 0 Å². The van der Waals surface area contributed by atoms with Crippen molar-refractivity contribution in [2.45, 2.75) is 361 Å². The molecule has 0 fully saturated rings. The Morgan fingerprint density at radius 3 is 0.767 bits per heavy atom. The fourth-order valence-corrected chi connectivity index (χ4v) is 9.75. The second kappa shape index (κ2) is 62.2. The average Bonchev–Trinajstić information content (AvgIpc) is 3.39. The summed E-state index contributed by atoms with van der Waals surface area (Å²) in [6, 6.07) is 0. The van der Waals surface area contributed by atoms with Crippen LogP contribution in [0.25, 0.3) is 0 Å². The molecule has 0 aliphatic rings. The number of esters is 3. The second-order valence-electron chi connectivity index (χ2n) is 22.0. The number of carbonyl (C=O) groups is 3. The van der Waals surface area contributed by atoms with Gasteiger partial charge in [0.15, 0.2) is 6.10 Å². The Kier molecular flexibility index (Phi) is 60.2. The third-order valence-electron chi connectivity index (χ3n) is 14.6. The van der Waals surface area contributed by atoms with E-state index in [4.69, 9.17) is 14.2 Å². The van der Waals surface area contributed by atoms with Gasteiger partial charge < -0.3 is 14.2 Å². The van der Waals surface area contributed by atoms with Crippen molar-refractivity contribution in [1.29, 1.82) is 0 Å². The first kappa shape index (κ1) is 70.6. The molecule has 0 saturated heterocycles. The SMILES string of the molecule is CCCCCCC/C=C\C/C=C\C/C=C\CCCCCCCCCCCCCCCCCCCCC(=O)OCC(COC(=O)CCCCCCCCCCC)OC(=O)CCCCCCCCCCCCCCC. The maximum Gasteiger partial charge on any atom is 0.306 e. The van der Waals surface area contributed by atoms with Crippen molar-refractivity contribution >= 4 is 17.9 Å². The first-order chi connectivity index (χ1) is 36.0. The molecule has 1 atom stereocenters. The fourth-order valence-electron chi connectivity index (χ4n) is 9.75. The molecule has 0 heterocycles. The Labute approximate surface area is 455 Å². The van der Waals surface area contributed by atoms with E-state index < -0.39 is 6.10 Å². The predicted octanol–water partition coefficient (Wildman–Crippen LogP) is 22.0. The monoisotopic (exact) mass is 1020 g/mol. The highest BCUT2D eigenvalue weighted by molar-refractivity contribution is 5.71. The van der Waals surface area contributed by atoms with E-state index in [0.717, 1.165) is 70.6 Å². The van der Waals surface area contributed by atoms with Crippen LogP contribution in [0.3, 0.4) is 0 Å². The molecule has 0 saturated carbocycles. The topological polar surface area (TPSA) is 78.9 Å². The van der Waals surface area contributed by atoms with Crippen molar-refractivity contribution in [3.63, 3.8) is 0 Å². The second-order valence-corrected chi connectivity index (χ2v) is 22.0. The van der Waals surface area contributed by atoms with Crippen LogP contribution in [-0.2, 0) is 28.6 Å². The minimum atomic E-state index is -0.764. The van der Waals surface area contributed by atoms with Gasteiger partial charge in [0.05, 0.1) is 0 Å². The van der Waals surface area contributed by atoms with E-state index >= 15 is 0 Å². The molecule has 0 aromatic carbocycles. The van der Waals surface area contributed by atoms with Crippen LogP contribution in [0, 0.1) is 0 Å². The zero-order valence-corrected chi connectivity index (χ0v) is 49.2. The summed E-state index contributed by atoms with van der Waals surface area (Å²) in [5, 5.41) is 0. The van der Waals surface area contributed by atoms with E-state index in [1.807, 2.05) is 0 Å². The summed E-state index contributed by atoms with van der Waals surface area (Å²) in [7, 11) is 0. The molecule has 0 bridgehead atoms. The number of hydrogen-bond donors (Lipinski definition) is 0. The quantitative estimate of drug-likeness (QED) is 0.0261. The molecule has 428 valence electrons. The molecule has 73 heavy (non-hydrogen) atoms. The largest absolute Gasteiger partial charge is 0.462 e. The van der Waals surface area contributed by atoms with E-state index in [9.17, 15) is 14.4 Å². The van der Waals surface area contributed by atoms with Crippen LogP contribution in [0.15, 0.2) is 36.5 Å². The summed E-state index contributed by atoms with van der Waals surface area (Å²) < 4.78 is 16.9. The van der Waals surface area contributed by atoms with Gasteiger partial charge in [-0.2, -0.15) is 0 Å². The summed E-state index contributed by atoms with van der Waals surface area (Å²) in [4.78, 5) is 38.1. The number of rotatable bonds is 60. The number of carbonyl (C=O) groups excluding carboxylic acids is 3. The van der Waals surface area contributed by atoms with Gasteiger partial charge in [0.25, 0.3) is 0 Å². The molecule has 0 amide bonds. The summed E-state index contributed by atoms with van der Waals surface area (Å²) in [6.07, 6.45) is 76.1. The molecule has 0 aliphatic carbocycles. The van der Waals surface area contributed by atoms with Crippen LogP contribution in [0.1, 0.15) is 355 Å². The van der Waals surface area contributed by atoms with Gasteiger partial charge in [-0.1, -0.05) is 314 Å². The van der Waals surface area contributed by atoms with Crippen molar-refractivity contribution in [2.24, 2.45) is 0 Å². The number of ether oxygens (including phenoxy) is 3. The molecule has 6 nitrogen and oxygen atoms in total. The Balaban J connectivity index is 3.99. The maximum atomic E-state index is 12.8. The van der Waals surface area contributed by atoms with Crippen molar-refractivity contribution in [2.75, 3.05) is 13.2 Å². The Bertz CT molecular complexity index is 1220. The minimum Gasteiger partial charge on any atom is -0.462 e. The normalized spacial score (nSPS) is 12.2. The summed E-state index contributed by atoms with van der Waals surface area (Å²) in [5.41, 5.74) is 0. The van der Waals surface area contributed by atoms with Crippen molar-refractivity contribution < 1.29 is 28.6 Å². The highest BCUT2D eigenvalue weighted by Gasteiger charge is 2.19. The lowest BCUT2D eigenvalue weighted by Crippen LogP contribution is -2.30. The zero-order valence-electron chi connectivity index (χ0n) is 49.2. The van der Waals surface area contributed by atoms with Gasteiger partial charge in [0, 0.05) is 19.3 Å². The minimum absolute atomic E-state index is 0.0654. The first-order valence-corrected chi connectivity index (χ1v) is 32.5. The van der Waals surface area contributed by atoms with Crippen molar-refractivity contribution in [3.05, 3.63) is 36.5 Å². The third kappa shape index (κ3) is 60.4. The predicted molar refractivity (Wildman–Crippen MR) is 316 cm³/mol. The fraction of sp³-hybridized carbons (Fsp3) is 0.866. The molecular formula is C67H124O6. The Morgan fingerprint density at radius 2 is 0.493 bits per heavy atom. The molecule has 0 N–H and O–H groups in total. The van der Waals surface area contributed by atoms with Gasteiger partial charge in [-0.05, 0) is 57.8 Å². The van der Waals surface area contributed by atoms with Crippen LogP contribution in [0.4, 0.5) is 0 Å². The lowest BCUT2D eigenvalue weighted by atomic mass is 10.0. The van der Waals surface area contributed by atoms with E-state index in [1.165, 1.54) is 244 Å². The van der Waals surface area contributed by atoms with Crippen LogP contribution in [-0.4, -0.2) is 37.2 Å². The molecule has 0 aromatic rings. The van der Waals surface area contributed by atoms with Gasteiger partial charge in [0.2, 0.25) is 0 Å². The van der Waals surface area contributed by atoms with Gasteiger partial charge in [-0.15, -0.1) is 0 Å². The Hall–Kier alpha value is -2.37. The van der Waals surface area contributed by atoms with Gasteiger partial charge in [0.1, 0.15) is 13.2 Å². The molecule has 0 radical (unpaired) electrons.